The first-order chi connectivity index (χ1) is 9.48. The molecule has 0 unspecified atom stereocenters. The van der Waals surface area contributed by atoms with Gasteiger partial charge in [-0.05, 0) is 32.9 Å². The Hall–Kier alpha value is -2.01. The molecule has 0 bridgehead atoms. The fraction of sp³-hybridized carbons (Fsp3) is 0.400. The van der Waals surface area contributed by atoms with Crippen molar-refractivity contribution in [1.82, 2.24) is 10.3 Å². The van der Waals surface area contributed by atoms with Crippen LogP contribution in [0.15, 0.2) is 34.9 Å². The zero-order valence-corrected chi connectivity index (χ0v) is 12.3. The summed E-state index contributed by atoms with van der Waals surface area (Å²) in [6, 6.07) is 7.36. The second kappa shape index (κ2) is 5.96. The van der Waals surface area contributed by atoms with E-state index in [1.54, 1.807) is 19.4 Å². The number of para-hydroxylation sites is 2. The SMILES string of the molecule is COc1ccccc1Oc1nc(CNC(C)(C)C)co1. The number of ether oxygens (including phenoxy) is 2. The van der Waals surface area contributed by atoms with Crippen LogP contribution in [0.25, 0.3) is 0 Å². The van der Waals surface area contributed by atoms with Gasteiger partial charge in [0.25, 0.3) is 0 Å². The number of benzene rings is 1. The van der Waals surface area contributed by atoms with Crippen molar-refractivity contribution in [1.29, 1.82) is 0 Å². The van der Waals surface area contributed by atoms with Gasteiger partial charge in [0.1, 0.15) is 6.26 Å². The Morgan fingerprint density at radius 2 is 1.90 bits per heavy atom. The van der Waals surface area contributed by atoms with Gasteiger partial charge in [-0.2, -0.15) is 4.98 Å². The van der Waals surface area contributed by atoms with Gasteiger partial charge in [-0.3, -0.25) is 0 Å². The van der Waals surface area contributed by atoms with Crippen LogP contribution < -0.4 is 14.8 Å². The van der Waals surface area contributed by atoms with Crippen LogP contribution in [0, 0.1) is 0 Å². The van der Waals surface area contributed by atoms with E-state index >= 15 is 0 Å². The minimum Gasteiger partial charge on any atom is -0.493 e. The largest absolute Gasteiger partial charge is 0.493 e. The summed E-state index contributed by atoms with van der Waals surface area (Å²) in [6.07, 6.45) is 1.80. The molecular weight excluding hydrogens is 256 g/mol. The van der Waals surface area contributed by atoms with Gasteiger partial charge in [0.05, 0.1) is 12.8 Å². The van der Waals surface area contributed by atoms with Crippen LogP contribution in [0.2, 0.25) is 0 Å². The van der Waals surface area contributed by atoms with Crippen LogP contribution in [0.5, 0.6) is 17.6 Å². The van der Waals surface area contributed by atoms with Gasteiger partial charge in [-0.15, -0.1) is 0 Å². The topological polar surface area (TPSA) is 56.5 Å². The first-order valence-electron chi connectivity index (χ1n) is 6.48. The summed E-state index contributed by atoms with van der Waals surface area (Å²) in [5, 5.41) is 3.34. The van der Waals surface area contributed by atoms with E-state index in [9.17, 15) is 0 Å². The number of hydrogen-bond acceptors (Lipinski definition) is 5. The molecule has 0 saturated heterocycles. The molecule has 0 atom stereocenters. The molecule has 0 aliphatic rings. The lowest BCUT2D eigenvalue weighted by Gasteiger charge is -2.19. The van der Waals surface area contributed by atoms with Crippen LogP contribution >= 0.6 is 0 Å². The Balaban J connectivity index is 2.02. The first-order valence-corrected chi connectivity index (χ1v) is 6.48. The average molecular weight is 276 g/mol. The smallest absolute Gasteiger partial charge is 0.399 e. The summed E-state index contributed by atoms with van der Waals surface area (Å²) < 4.78 is 16.1. The lowest BCUT2D eigenvalue weighted by molar-refractivity contribution is 0.310. The Morgan fingerprint density at radius 3 is 2.55 bits per heavy atom. The molecule has 20 heavy (non-hydrogen) atoms. The molecule has 5 nitrogen and oxygen atoms in total. The zero-order valence-electron chi connectivity index (χ0n) is 12.3. The molecule has 0 radical (unpaired) electrons. The van der Waals surface area contributed by atoms with E-state index < -0.39 is 0 Å². The van der Waals surface area contributed by atoms with E-state index in [2.05, 4.69) is 31.1 Å². The van der Waals surface area contributed by atoms with E-state index in [1.807, 2.05) is 18.2 Å². The minimum atomic E-state index is 0.0304. The Bertz CT molecular complexity index is 558. The third-order valence-corrected chi connectivity index (χ3v) is 2.60. The van der Waals surface area contributed by atoms with E-state index in [1.165, 1.54) is 0 Å². The van der Waals surface area contributed by atoms with Gasteiger partial charge in [0, 0.05) is 12.1 Å². The number of aromatic nitrogens is 1. The van der Waals surface area contributed by atoms with E-state index in [0.717, 1.165) is 5.69 Å². The monoisotopic (exact) mass is 276 g/mol. The van der Waals surface area contributed by atoms with Crippen molar-refractivity contribution in [3.8, 4) is 17.6 Å². The Kier molecular flexibility index (Phi) is 4.29. The highest BCUT2D eigenvalue weighted by Gasteiger charge is 2.13. The molecule has 1 heterocycles. The summed E-state index contributed by atoms with van der Waals surface area (Å²) in [5.74, 6) is 1.22. The van der Waals surface area contributed by atoms with Crippen LogP contribution in [-0.4, -0.2) is 17.6 Å². The third kappa shape index (κ3) is 3.99. The quantitative estimate of drug-likeness (QED) is 0.907. The number of rotatable bonds is 5. The number of nitrogens with zero attached hydrogens (tertiary/aromatic N) is 1. The van der Waals surface area contributed by atoms with Crippen molar-refractivity contribution < 1.29 is 13.9 Å². The van der Waals surface area contributed by atoms with Crippen molar-refractivity contribution >= 4 is 0 Å². The average Bonchev–Trinajstić information content (AvgIpc) is 2.84. The summed E-state index contributed by atoms with van der Waals surface area (Å²) in [5.41, 5.74) is 0.827. The van der Waals surface area contributed by atoms with Gasteiger partial charge in [0.15, 0.2) is 11.5 Å². The maximum absolute atomic E-state index is 5.58. The molecule has 0 aliphatic heterocycles. The molecule has 1 aromatic carbocycles. The second-order valence-corrected chi connectivity index (χ2v) is 5.46. The molecule has 1 N–H and O–H groups in total. The molecule has 2 aromatic rings. The Labute approximate surface area is 118 Å². The van der Waals surface area contributed by atoms with Crippen molar-refractivity contribution in [3.05, 3.63) is 36.2 Å². The number of oxazole rings is 1. The molecule has 1 aromatic heterocycles. The van der Waals surface area contributed by atoms with Gasteiger partial charge < -0.3 is 19.2 Å². The van der Waals surface area contributed by atoms with E-state index in [-0.39, 0.29) is 11.6 Å². The molecule has 2 rings (SSSR count). The van der Waals surface area contributed by atoms with Crippen molar-refractivity contribution in [2.24, 2.45) is 0 Å². The number of methoxy groups -OCH3 is 1. The van der Waals surface area contributed by atoms with E-state index in [0.29, 0.717) is 18.0 Å². The van der Waals surface area contributed by atoms with E-state index in [4.69, 9.17) is 13.9 Å². The first kappa shape index (κ1) is 14.4. The normalized spacial score (nSPS) is 11.4. The zero-order chi connectivity index (χ0) is 14.6. The molecular formula is C15H20N2O3. The van der Waals surface area contributed by atoms with Crippen LogP contribution in [0.4, 0.5) is 0 Å². The molecule has 108 valence electrons. The summed E-state index contributed by atoms with van der Waals surface area (Å²) in [6.45, 7) is 6.92. The lowest BCUT2D eigenvalue weighted by atomic mass is 10.1. The molecule has 0 fully saturated rings. The second-order valence-electron chi connectivity index (χ2n) is 5.46. The fourth-order valence-electron chi connectivity index (χ4n) is 1.57. The molecule has 5 heteroatoms. The molecule has 0 saturated carbocycles. The Morgan fingerprint density at radius 1 is 1.20 bits per heavy atom. The van der Waals surface area contributed by atoms with Crippen molar-refractivity contribution in [3.63, 3.8) is 0 Å². The highest BCUT2D eigenvalue weighted by molar-refractivity contribution is 5.40. The molecule has 0 amide bonds. The minimum absolute atomic E-state index is 0.0304. The van der Waals surface area contributed by atoms with Gasteiger partial charge in [0.2, 0.25) is 0 Å². The van der Waals surface area contributed by atoms with Crippen molar-refractivity contribution in [2.45, 2.75) is 32.9 Å². The fourth-order valence-corrected chi connectivity index (χ4v) is 1.57. The number of hydrogen-bond donors (Lipinski definition) is 1. The lowest BCUT2D eigenvalue weighted by Crippen LogP contribution is -2.35. The standard InChI is InChI=1S/C15H20N2O3/c1-15(2,3)16-9-11-10-19-14(17-11)20-13-8-6-5-7-12(13)18-4/h5-8,10,16H,9H2,1-4H3. The number of nitrogens with one attached hydrogen (secondary N) is 1. The van der Waals surface area contributed by atoms with Gasteiger partial charge in [-0.25, -0.2) is 0 Å². The summed E-state index contributed by atoms with van der Waals surface area (Å²) in [4.78, 5) is 4.28. The van der Waals surface area contributed by atoms with Crippen LogP contribution in [-0.2, 0) is 6.54 Å². The highest BCUT2D eigenvalue weighted by atomic mass is 16.6. The summed E-state index contributed by atoms with van der Waals surface area (Å²) in [7, 11) is 1.59. The highest BCUT2D eigenvalue weighted by Crippen LogP contribution is 2.30. The maximum atomic E-state index is 5.58. The van der Waals surface area contributed by atoms with Crippen molar-refractivity contribution in [2.75, 3.05) is 7.11 Å². The van der Waals surface area contributed by atoms with Gasteiger partial charge >= 0.3 is 6.08 Å². The van der Waals surface area contributed by atoms with Crippen LogP contribution in [0.1, 0.15) is 26.5 Å². The van der Waals surface area contributed by atoms with Gasteiger partial charge in [-0.1, -0.05) is 12.1 Å². The molecule has 0 aliphatic carbocycles. The predicted octanol–water partition coefficient (Wildman–Crippen LogP) is 3.36. The third-order valence-electron chi connectivity index (χ3n) is 2.60. The summed E-state index contributed by atoms with van der Waals surface area (Å²) >= 11 is 0. The van der Waals surface area contributed by atoms with Crippen LogP contribution in [0.3, 0.4) is 0 Å². The maximum Gasteiger partial charge on any atom is 0.399 e. The molecule has 0 spiro atoms. The predicted molar refractivity (Wildman–Crippen MR) is 76.2 cm³/mol.